The molecule has 1 unspecified atom stereocenters. The van der Waals surface area contributed by atoms with Crippen LogP contribution in [0.2, 0.25) is 5.02 Å². The Bertz CT molecular complexity index is 919. The van der Waals surface area contributed by atoms with Crippen LogP contribution in [0.4, 0.5) is 11.4 Å². The molecule has 0 spiro atoms. The van der Waals surface area contributed by atoms with E-state index in [1.165, 1.54) is 13.1 Å². The Morgan fingerprint density at radius 1 is 1.22 bits per heavy atom. The van der Waals surface area contributed by atoms with Gasteiger partial charge < -0.3 is 15.5 Å². The van der Waals surface area contributed by atoms with Gasteiger partial charge in [0.2, 0.25) is 11.8 Å². The van der Waals surface area contributed by atoms with E-state index in [0.29, 0.717) is 17.3 Å². The quantitative estimate of drug-likeness (QED) is 0.749. The summed E-state index contributed by atoms with van der Waals surface area (Å²) in [7, 11) is 1.50. The summed E-state index contributed by atoms with van der Waals surface area (Å²) in [5, 5.41) is 5.57. The Kier molecular flexibility index (Phi) is 5.82. The number of para-hydroxylation sites is 1. The van der Waals surface area contributed by atoms with Crippen LogP contribution < -0.4 is 15.5 Å². The van der Waals surface area contributed by atoms with Crippen LogP contribution in [0.15, 0.2) is 46.9 Å². The molecule has 1 fully saturated rings. The summed E-state index contributed by atoms with van der Waals surface area (Å²) >= 11 is 9.46. The van der Waals surface area contributed by atoms with Gasteiger partial charge >= 0.3 is 0 Å². The number of anilines is 2. The first-order chi connectivity index (χ1) is 12.9. The van der Waals surface area contributed by atoms with Gasteiger partial charge in [-0.2, -0.15) is 0 Å². The first kappa shape index (κ1) is 19.4. The van der Waals surface area contributed by atoms with E-state index in [9.17, 15) is 14.4 Å². The molecule has 2 N–H and O–H groups in total. The van der Waals surface area contributed by atoms with Gasteiger partial charge in [0, 0.05) is 30.2 Å². The third kappa shape index (κ3) is 4.14. The number of nitrogens with zero attached hydrogens (tertiary/aromatic N) is 1. The zero-order valence-corrected chi connectivity index (χ0v) is 16.8. The maximum atomic E-state index is 12.6. The maximum Gasteiger partial charge on any atom is 0.252 e. The second kappa shape index (κ2) is 8.10. The number of carbonyl (C=O) groups is 3. The van der Waals surface area contributed by atoms with E-state index in [4.69, 9.17) is 11.6 Å². The van der Waals surface area contributed by atoms with Crippen molar-refractivity contribution in [1.29, 1.82) is 0 Å². The highest BCUT2D eigenvalue weighted by Gasteiger charge is 2.35. The van der Waals surface area contributed by atoms with Crippen LogP contribution >= 0.6 is 27.5 Å². The molecule has 3 amide bonds. The third-order valence-corrected chi connectivity index (χ3v) is 5.34. The van der Waals surface area contributed by atoms with Gasteiger partial charge in [-0.1, -0.05) is 23.7 Å². The summed E-state index contributed by atoms with van der Waals surface area (Å²) in [6, 6.07) is 12.1. The van der Waals surface area contributed by atoms with Gasteiger partial charge in [0.15, 0.2) is 0 Å². The van der Waals surface area contributed by atoms with Crippen molar-refractivity contribution >= 4 is 56.6 Å². The first-order valence-corrected chi connectivity index (χ1v) is 9.45. The zero-order chi connectivity index (χ0) is 19.6. The van der Waals surface area contributed by atoms with E-state index >= 15 is 0 Å². The molecule has 0 aromatic heterocycles. The number of hydrogen-bond donors (Lipinski definition) is 2. The van der Waals surface area contributed by atoms with Crippen LogP contribution in [0, 0.1) is 5.92 Å². The molecule has 1 heterocycles. The van der Waals surface area contributed by atoms with Crippen molar-refractivity contribution in [2.45, 2.75) is 6.42 Å². The van der Waals surface area contributed by atoms with Crippen molar-refractivity contribution in [1.82, 2.24) is 5.32 Å². The highest BCUT2D eigenvalue weighted by Crippen LogP contribution is 2.32. The Balaban J connectivity index is 1.73. The molecule has 2 aromatic carbocycles. The van der Waals surface area contributed by atoms with Crippen molar-refractivity contribution < 1.29 is 14.4 Å². The SMILES string of the molecule is CNC(=O)c1cc(NC(=O)C2CC(=O)N(c3ccccc3Br)C2)ccc1Cl. The van der Waals surface area contributed by atoms with Crippen LogP contribution in [-0.2, 0) is 9.59 Å². The van der Waals surface area contributed by atoms with Gasteiger partial charge in [-0.3, -0.25) is 14.4 Å². The average Bonchev–Trinajstić information content (AvgIpc) is 3.04. The van der Waals surface area contributed by atoms with Crippen LogP contribution in [0.25, 0.3) is 0 Å². The van der Waals surface area contributed by atoms with Crippen molar-refractivity contribution in [3.05, 3.63) is 57.5 Å². The Labute approximate surface area is 170 Å². The molecule has 27 heavy (non-hydrogen) atoms. The van der Waals surface area contributed by atoms with E-state index in [1.54, 1.807) is 17.0 Å². The lowest BCUT2D eigenvalue weighted by Gasteiger charge is -2.18. The normalized spacial score (nSPS) is 16.3. The van der Waals surface area contributed by atoms with Gasteiger partial charge in [0.25, 0.3) is 5.91 Å². The summed E-state index contributed by atoms with van der Waals surface area (Å²) < 4.78 is 0.798. The standard InChI is InChI=1S/C19H17BrClN3O3/c1-22-19(27)13-9-12(6-7-15(13)21)23-18(26)11-8-17(25)24(10-11)16-5-3-2-4-14(16)20/h2-7,9,11H,8,10H2,1H3,(H,22,27)(H,23,26). The minimum absolute atomic E-state index is 0.107. The zero-order valence-electron chi connectivity index (χ0n) is 14.5. The Hall–Kier alpha value is -2.38. The smallest absolute Gasteiger partial charge is 0.252 e. The predicted molar refractivity (Wildman–Crippen MR) is 108 cm³/mol. The molecule has 0 radical (unpaired) electrons. The Morgan fingerprint density at radius 2 is 1.96 bits per heavy atom. The molecule has 0 bridgehead atoms. The summed E-state index contributed by atoms with van der Waals surface area (Å²) in [6.45, 7) is 0.295. The monoisotopic (exact) mass is 449 g/mol. The van der Waals surface area contributed by atoms with E-state index in [2.05, 4.69) is 26.6 Å². The minimum Gasteiger partial charge on any atom is -0.355 e. The number of halogens is 2. The molecule has 1 aliphatic rings. The van der Waals surface area contributed by atoms with Crippen molar-refractivity contribution in [2.24, 2.45) is 5.92 Å². The Morgan fingerprint density at radius 3 is 2.67 bits per heavy atom. The van der Waals surface area contributed by atoms with E-state index in [-0.39, 0.29) is 29.7 Å². The van der Waals surface area contributed by atoms with E-state index in [1.807, 2.05) is 24.3 Å². The highest BCUT2D eigenvalue weighted by molar-refractivity contribution is 9.10. The maximum absolute atomic E-state index is 12.6. The van der Waals surface area contributed by atoms with Gasteiger partial charge in [0.05, 0.1) is 22.2 Å². The van der Waals surface area contributed by atoms with Crippen LogP contribution in [0.1, 0.15) is 16.8 Å². The molecule has 140 valence electrons. The molecule has 8 heteroatoms. The number of rotatable bonds is 4. The van der Waals surface area contributed by atoms with Crippen molar-refractivity contribution in [3.63, 3.8) is 0 Å². The predicted octanol–water partition coefficient (Wildman–Crippen LogP) is 3.45. The van der Waals surface area contributed by atoms with Gasteiger partial charge in [0.1, 0.15) is 0 Å². The largest absolute Gasteiger partial charge is 0.355 e. The highest BCUT2D eigenvalue weighted by atomic mass is 79.9. The molecule has 3 rings (SSSR count). The summed E-state index contributed by atoms with van der Waals surface area (Å²) in [5.41, 5.74) is 1.47. The van der Waals surface area contributed by atoms with Gasteiger partial charge in [-0.15, -0.1) is 0 Å². The summed E-state index contributed by atoms with van der Waals surface area (Å²) in [4.78, 5) is 38.4. The molecule has 6 nitrogen and oxygen atoms in total. The number of amides is 3. The molecular weight excluding hydrogens is 434 g/mol. The number of nitrogens with one attached hydrogen (secondary N) is 2. The van der Waals surface area contributed by atoms with Crippen molar-refractivity contribution in [3.8, 4) is 0 Å². The second-order valence-electron chi connectivity index (χ2n) is 6.12. The van der Waals surface area contributed by atoms with E-state index in [0.717, 1.165) is 10.2 Å². The molecule has 2 aromatic rings. The lowest BCUT2D eigenvalue weighted by atomic mass is 10.1. The first-order valence-electron chi connectivity index (χ1n) is 8.28. The topological polar surface area (TPSA) is 78.5 Å². The molecule has 1 aliphatic heterocycles. The minimum atomic E-state index is -0.483. The fourth-order valence-corrected chi connectivity index (χ4v) is 3.64. The summed E-state index contributed by atoms with van der Waals surface area (Å²) in [6.07, 6.45) is 0.128. The van der Waals surface area contributed by atoms with Gasteiger partial charge in [-0.25, -0.2) is 0 Å². The summed E-state index contributed by atoms with van der Waals surface area (Å²) in [5.74, 6) is -1.21. The second-order valence-corrected chi connectivity index (χ2v) is 7.38. The lowest BCUT2D eigenvalue weighted by Crippen LogP contribution is -2.28. The molecule has 1 atom stereocenters. The lowest BCUT2D eigenvalue weighted by molar-refractivity contribution is -0.122. The fraction of sp³-hybridized carbons (Fsp3) is 0.211. The fourth-order valence-electron chi connectivity index (χ4n) is 2.94. The molecular formula is C19H17BrClN3O3. The molecule has 1 saturated heterocycles. The third-order valence-electron chi connectivity index (χ3n) is 4.34. The van der Waals surface area contributed by atoms with Crippen LogP contribution in [0.3, 0.4) is 0 Å². The number of hydrogen-bond acceptors (Lipinski definition) is 3. The van der Waals surface area contributed by atoms with Crippen LogP contribution in [0.5, 0.6) is 0 Å². The van der Waals surface area contributed by atoms with Gasteiger partial charge in [-0.05, 0) is 46.3 Å². The van der Waals surface area contributed by atoms with Crippen molar-refractivity contribution in [2.75, 3.05) is 23.8 Å². The molecule has 0 saturated carbocycles. The van der Waals surface area contributed by atoms with E-state index < -0.39 is 5.92 Å². The average molecular weight is 451 g/mol. The number of carbonyl (C=O) groups excluding carboxylic acids is 3. The molecule has 0 aliphatic carbocycles. The van der Waals surface area contributed by atoms with Crippen LogP contribution in [-0.4, -0.2) is 31.3 Å². The number of benzene rings is 2.